The molecule has 2 heterocycles. The Morgan fingerprint density at radius 3 is 1.41 bits per heavy atom. The van der Waals surface area contributed by atoms with Crippen LogP contribution in [0.1, 0.15) is 214 Å². The standard InChI is InChI=1S/C15H18.C14H20.2C14H16.C12H14S.C10H13I.C8H12N2/c1-11-9-10-14(15(2,3)4)13-8-6-5-7-12(11)13;2*1-14(2,3)13-10-6-8-11-7-4-5-9-12(11)13;1-14(2,3)13-9-8-11-6-4-5-7-12(11)10-13;1-12(2,3)10-6-4-5-9-7-8-13-11(9)10;1-10(2,3)8-4-6-9(11)7-5-8;1-8(2,3)7-4-5-9-6-10-7/h5-10H,1-4H3;6,8,10H,4-5,7,9H2,1-3H3;2*4-10H,1-3H3;4-8H,1-3H3;4-7H,1-3H3;4-6H,1-3H3. The van der Waals surface area contributed by atoms with Crippen LogP contribution in [0.3, 0.4) is 0 Å². The van der Waals surface area contributed by atoms with Crippen molar-refractivity contribution in [2.75, 3.05) is 0 Å². The summed E-state index contributed by atoms with van der Waals surface area (Å²) in [5, 5.41) is 11.7. The van der Waals surface area contributed by atoms with E-state index in [1.54, 1.807) is 29.2 Å². The van der Waals surface area contributed by atoms with Crippen LogP contribution in [-0.2, 0) is 50.7 Å². The number of aromatic nitrogens is 2. The lowest BCUT2D eigenvalue weighted by Crippen LogP contribution is -2.17. The molecule has 0 amide bonds. The lowest BCUT2D eigenvalue weighted by atomic mass is 9.78. The molecule has 480 valence electrons. The average molecular weight is 1340 g/mol. The Morgan fingerprint density at radius 1 is 0.363 bits per heavy atom. The fraction of sp³-hybridized carbons (Fsp3) is 0.379. The molecule has 12 rings (SSSR count). The van der Waals surface area contributed by atoms with Crippen molar-refractivity contribution in [2.24, 2.45) is 0 Å². The zero-order valence-electron chi connectivity index (χ0n) is 59.7. The maximum atomic E-state index is 4.14. The van der Waals surface area contributed by atoms with Gasteiger partial charge in [0, 0.05) is 25.6 Å². The Morgan fingerprint density at radius 2 is 0.846 bits per heavy atom. The highest BCUT2D eigenvalue weighted by Crippen LogP contribution is 2.36. The molecular formula is C87H109IN2S. The van der Waals surface area contributed by atoms with Crippen molar-refractivity contribution in [1.82, 2.24) is 9.97 Å². The second-order valence-electron chi connectivity index (χ2n) is 31.7. The Hall–Kier alpha value is -6.47. The number of thiophene rings is 1. The summed E-state index contributed by atoms with van der Waals surface area (Å²) < 4.78 is 2.74. The van der Waals surface area contributed by atoms with Gasteiger partial charge in [-0.3, -0.25) is 0 Å². The van der Waals surface area contributed by atoms with E-state index in [0.717, 1.165) is 5.69 Å². The third-order valence-corrected chi connectivity index (χ3v) is 18.4. The van der Waals surface area contributed by atoms with Crippen molar-refractivity contribution >= 4 is 76.3 Å². The van der Waals surface area contributed by atoms with Gasteiger partial charge in [0.25, 0.3) is 0 Å². The Bertz CT molecular complexity index is 4030. The van der Waals surface area contributed by atoms with Crippen molar-refractivity contribution in [3.05, 3.63) is 271 Å². The molecule has 2 aromatic heterocycles. The van der Waals surface area contributed by atoms with E-state index in [9.17, 15) is 0 Å². The number of rotatable bonds is 0. The molecule has 2 nitrogen and oxygen atoms in total. The maximum Gasteiger partial charge on any atom is 0.115 e. The molecule has 9 aromatic carbocycles. The minimum absolute atomic E-state index is 0.142. The van der Waals surface area contributed by atoms with Gasteiger partial charge >= 0.3 is 0 Å². The molecular weight excluding hydrogens is 1230 g/mol. The molecule has 0 spiro atoms. The van der Waals surface area contributed by atoms with Gasteiger partial charge in [0.05, 0.1) is 0 Å². The van der Waals surface area contributed by atoms with Gasteiger partial charge < -0.3 is 0 Å². The SMILES string of the molecule is CC(C)(C)c1ccc(I)cc1.CC(C)(C)c1ccc2ccccc2c1.CC(C)(C)c1cccc2c1CCCC2.CC(C)(C)c1cccc2ccccc12.CC(C)(C)c1cccc2ccsc12.CC(C)(C)c1ccncn1.Cc1ccc(C(C)(C)C)c2ccccc12. The number of nitrogens with zero attached hydrogens (tertiary/aromatic N) is 2. The lowest BCUT2D eigenvalue weighted by molar-refractivity contribution is 0.567. The van der Waals surface area contributed by atoms with Gasteiger partial charge in [0.1, 0.15) is 6.33 Å². The van der Waals surface area contributed by atoms with Crippen LogP contribution in [0.2, 0.25) is 0 Å². The molecule has 0 unspecified atom stereocenters. The fourth-order valence-corrected chi connectivity index (χ4v) is 12.9. The summed E-state index contributed by atoms with van der Waals surface area (Å²) in [7, 11) is 0. The Balaban J connectivity index is 0.000000169. The minimum atomic E-state index is 0.142. The van der Waals surface area contributed by atoms with Gasteiger partial charge in [-0.05, 0) is 205 Å². The van der Waals surface area contributed by atoms with Crippen LogP contribution in [0.5, 0.6) is 0 Å². The molecule has 0 N–H and O–H groups in total. The number of hydrogen-bond acceptors (Lipinski definition) is 3. The summed E-state index contributed by atoms with van der Waals surface area (Å²) in [5.41, 5.74) is 16.0. The lowest BCUT2D eigenvalue weighted by Gasteiger charge is -2.27. The first kappa shape index (κ1) is 73.6. The third kappa shape index (κ3) is 21.8. The minimum Gasteiger partial charge on any atom is -0.245 e. The summed E-state index contributed by atoms with van der Waals surface area (Å²) in [4.78, 5) is 7.99. The van der Waals surface area contributed by atoms with Crippen molar-refractivity contribution < 1.29 is 0 Å². The summed E-state index contributed by atoms with van der Waals surface area (Å²) in [6.07, 6.45) is 8.69. The summed E-state index contributed by atoms with van der Waals surface area (Å²) >= 11 is 4.17. The molecule has 0 atom stereocenters. The highest BCUT2D eigenvalue weighted by molar-refractivity contribution is 14.1. The molecule has 1 aliphatic carbocycles. The van der Waals surface area contributed by atoms with E-state index in [1.165, 1.54) is 105 Å². The average Bonchev–Trinajstić information content (AvgIpc) is 3.74. The van der Waals surface area contributed by atoms with E-state index in [4.69, 9.17) is 0 Å². The number of halogens is 1. The third-order valence-electron chi connectivity index (χ3n) is 16.7. The number of benzene rings is 9. The summed E-state index contributed by atoms with van der Waals surface area (Å²) in [6.45, 7) is 49.3. The van der Waals surface area contributed by atoms with Gasteiger partial charge in [-0.15, -0.1) is 11.3 Å². The summed E-state index contributed by atoms with van der Waals surface area (Å²) in [5.74, 6) is 0. The van der Waals surface area contributed by atoms with Gasteiger partial charge in [-0.1, -0.05) is 315 Å². The van der Waals surface area contributed by atoms with Crippen molar-refractivity contribution in [1.29, 1.82) is 0 Å². The van der Waals surface area contributed by atoms with Crippen LogP contribution < -0.4 is 0 Å². The predicted molar refractivity (Wildman–Crippen MR) is 414 cm³/mol. The zero-order valence-corrected chi connectivity index (χ0v) is 62.7. The highest BCUT2D eigenvalue weighted by Gasteiger charge is 2.23. The topological polar surface area (TPSA) is 25.8 Å². The maximum absolute atomic E-state index is 4.14. The van der Waals surface area contributed by atoms with E-state index >= 15 is 0 Å². The molecule has 0 saturated carbocycles. The number of fused-ring (bicyclic) bond motifs is 5. The van der Waals surface area contributed by atoms with Crippen LogP contribution in [0.15, 0.2) is 212 Å². The first-order valence-electron chi connectivity index (χ1n) is 33.0. The van der Waals surface area contributed by atoms with Gasteiger partial charge in [0.15, 0.2) is 0 Å². The quantitative estimate of drug-likeness (QED) is 0.141. The van der Waals surface area contributed by atoms with Crippen LogP contribution >= 0.6 is 33.9 Å². The molecule has 4 heteroatoms. The zero-order chi connectivity index (χ0) is 67.2. The van der Waals surface area contributed by atoms with Gasteiger partial charge in [-0.2, -0.15) is 0 Å². The highest BCUT2D eigenvalue weighted by atomic mass is 127. The number of aryl methyl sites for hydroxylation is 2. The fourth-order valence-electron chi connectivity index (χ4n) is 11.4. The Labute approximate surface area is 569 Å². The monoisotopic (exact) mass is 1340 g/mol. The molecule has 91 heavy (non-hydrogen) atoms. The van der Waals surface area contributed by atoms with Crippen LogP contribution in [0, 0.1) is 10.5 Å². The van der Waals surface area contributed by atoms with Crippen molar-refractivity contribution in [3.63, 3.8) is 0 Å². The smallest absolute Gasteiger partial charge is 0.115 e. The van der Waals surface area contributed by atoms with Crippen molar-refractivity contribution in [2.45, 2.75) is 216 Å². The Kier molecular flexibility index (Phi) is 25.4. The van der Waals surface area contributed by atoms with Crippen molar-refractivity contribution in [3.8, 4) is 0 Å². The largest absolute Gasteiger partial charge is 0.245 e. The molecule has 1 aliphatic rings. The number of hydrogen-bond donors (Lipinski definition) is 0. The molecule has 0 radical (unpaired) electrons. The molecule has 0 fully saturated rings. The predicted octanol–water partition coefficient (Wildman–Crippen LogP) is 26.1. The van der Waals surface area contributed by atoms with E-state index in [-0.39, 0.29) is 32.5 Å². The van der Waals surface area contributed by atoms with E-state index in [2.05, 4.69) is 378 Å². The first-order chi connectivity index (χ1) is 42.4. The van der Waals surface area contributed by atoms with Crippen LogP contribution in [0.25, 0.3) is 42.4 Å². The normalized spacial score (nSPS) is 12.6. The first-order valence-corrected chi connectivity index (χ1v) is 35.0. The molecule has 11 aromatic rings. The second-order valence-corrected chi connectivity index (χ2v) is 33.9. The van der Waals surface area contributed by atoms with Crippen LogP contribution in [-0.4, -0.2) is 9.97 Å². The van der Waals surface area contributed by atoms with E-state index in [1.807, 2.05) is 17.4 Å². The molecule has 0 bridgehead atoms. The second kappa shape index (κ2) is 31.4. The molecule has 0 aliphatic heterocycles. The summed E-state index contributed by atoms with van der Waals surface area (Å²) in [6, 6.07) is 69.7. The molecule has 0 saturated heterocycles. The van der Waals surface area contributed by atoms with Gasteiger partial charge in [-0.25, -0.2) is 9.97 Å². The van der Waals surface area contributed by atoms with E-state index in [0.29, 0.717) is 5.41 Å². The van der Waals surface area contributed by atoms with Crippen LogP contribution in [0.4, 0.5) is 0 Å². The van der Waals surface area contributed by atoms with Gasteiger partial charge in [0.2, 0.25) is 0 Å². The van der Waals surface area contributed by atoms with E-state index < -0.39 is 0 Å².